The minimum Gasteiger partial charge on any atom is -0.322 e. The molecule has 3 nitrogen and oxygen atoms in total. The van der Waals surface area contributed by atoms with Crippen LogP contribution in [0.1, 0.15) is 35.7 Å². The van der Waals surface area contributed by atoms with Crippen LogP contribution in [-0.2, 0) is 6.42 Å². The van der Waals surface area contributed by atoms with E-state index >= 15 is 0 Å². The lowest BCUT2D eigenvalue weighted by atomic mass is 10.1. The maximum Gasteiger partial charge on any atom is 0.255 e. The smallest absolute Gasteiger partial charge is 0.255 e. The number of amides is 1. The van der Waals surface area contributed by atoms with Gasteiger partial charge in [0.05, 0.1) is 5.52 Å². The summed E-state index contributed by atoms with van der Waals surface area (Å²) in [6.45, 7) is 2.19. The van der Waals surface area contributed by atoms with Gasteiger partial charge in [-0.1, -0.05) is 37.6 Å². The van der Waals surface area contributed by atoms with Crippen LogP contribution in [0.5, 0.6) is 0 Å². The van der Waals surface area contributed by atoms with Gasteiger partial charge in [0.15, 0.2) is 0 Å². The zero-order valence-electron chi connectivity index (χ0n) is 13.3. The number of hydrogen-bond donors (Lipinski definition) is 1. The minimum atomic E-state index is -0.112. The van der Waals surface area contributed by atoms with Crippen molar-refractivity contribution < 1.29 is 4.79 Å². The molecular weight excluding hydrogens is 284 g/mol. The molecule has 0 aliphatic rings. The van der Waals surface area contributed by atoms with Crippen molar-refractivity contribution in [1.29, 1.82) is 0 Å². The number of unbranched alkanes of at least 4 members (excludes halogenated alkanes) is 1. The quantitative estimate of drug-likeness (QED) is 0.733. The van der Waals surface area contributed by atoms with Gasteiger partial charge in [-0.2, -0.15) is 0 Å². The van der Waals surface area contributed by atoms with Crippen LogP contribution < -0.4 is 5.32 Å². The van der Waals surface area contributed by atoms with E-state index in [1.807, 2.05) is 42.5 Å². The topological polar surface area (TPSA) is 42.0 Å². The number of rotatable bonds is 5. The third-order valence-corrected chi connectivity index (χ3v) is 3.90. The number of anilines is 1. The zero-order chi connectivity index (χ0) is 16.1. The van der Waals surface area contributed by atoms with E-state index in [-0.39, 0.29) is 5.91 Å². The molecule has 1 aromatic heterocycles. The number of aryl methyl sites for hydroxylation is 1. The molecule has 3 heteroatoms. The number of nitrogens with one attached hydrogen (secondary N) is 1. The van der Waals surface area contributed by atoms with E-state index in [0.717, 1.165) is 23.0 Å². The van der Waals surface area contributed by atoms with Gasteiger partial charge >= 0.3 is 0 Å². The van der Waals surface area contributed by atoms with Crippen LogP contribution in [0.2, 0.25) is 0 Å². The molecule has 1 amide bonds. The average molecular weight is 304 g/mol. The molecule has 116 valence electrons. The average Bonchev–Trinajstić information content (AvgIpc) is 2.60. The molecule has 3 aromatic rings. The van der Waals surface area contributed by atoms with E-state index < -0.39 is 0 Å². The van der Waals surface area contributed by atoms with E-state index in [9.17, 15) is 4.79 Å². The van der Waals surface area contributed by atoms with Crippen molar-refractivity contribution in [3.63, 3.8) is 0 Å². The fraction of sp³-hybridized carbons (Fsp3) is 0.200. The van der Waals surface area contributed by atoms with Crippen molar-refractivity contribution in [2.75, 3.05) is 5.32 Å². The molecule has 0 spiro atoms. The Morgan fingerprint density at radius 3 is 2.70 bits per heavy atom. The first-order valence-corrected chi connectivity index (χ1v) is 8.01. The lowest BCUT2D eigenvalue weighted by Gasteiger charge is -2.07. The number of carbonyl (C=O) groups excluding carboxylic acids is 1. The number of fused-ring (bicyclic) bond motifs is 1. The summed E-state index contributed by atoms with van der Waals surface area (Å²) in [5.41, 5.74) is 3.57. The molecular formula is C20H20N2O. The molecule has 0 aliphatic heterocycles. The lowest BCUT2D eigenvalue weighted by Crippen LogP contribution is -2.11. The fourth-order valence-electron chi connectivity index (χ4n) is 2.55. The Hall–Kier alpha value is -2.68. The second-order valence-electron chi connectivity index (χ2n) is 5.67. The van der Waals surface area contributed by atoms with Gasteiger partial charge in [-0.25, -0.2) is 0 Å². The molecule has 2 aromatic carbocycles. The Balaban J connectivity index is 1.72. The zero-order valence-corrected chi connectivity index (χ0v) is 13.3. The van der Waals surface area contributed by atoms with Gasteiger partial charge in [-0.05, 0) is 48.7 Å². The van der Waals surface area contributed by atoms with Crippen molar-refractivity contribution in [2.45, 2.75) is 26.2 Å². The van der Waals surface area contributed by atoms with Gasteiger partial charge in [0.1, 0.15) is 0 Å². The van der Waals surface area contributed by atoms with Crippen LogP contribution in [0.3, 0.4) is 0 Å². The molecule has 1 heterocycles. The Bertz CT molecular complexity index is 809. The molecule has 0 bridgehead atoms. The van der Waals surface area contributed by atoms with Crippen LogP contribution in [0.15, 0.2) is 60.8 Å². The van der Waals surface area contributed by atoms with Gasteiger partial charge in [0, 0.05) is 22.8 Å². The molecule has 0 radical (unpaired) electrons. The predicted octanol–water partition coefficient (Wildman–Crippen LogP) is 4.83. The van der Waals surface area contributed by atoms with Gasteiger partial charge < -0.3 is 5.32 Å². The third-order valence-electron chi connectivity index (χ3n) is 3.90. The molecule has 3 rings (SSSR count). The van der Waals surface area contributed by atoms with Crippen LogP contribution in [0.4, 0.5) is 5.69 Å². The van der Waals surface area contributed by atoms with Crippen molar-refractivity contribution in [3.05, 3.63) is 71.9 Å². The third kappa shape index (κ3) is 3.75. The summed E-state index contributed by atoms with van der Waals surface area (Å²) in [7, 11) is 0. The lowest BCUT2D eigenvalue weighted by molar-refractivity contribution is 0.102. The van der Waals surface area contributed by atoms with E-state index in [2.05, 4.69) is 29.4 Å². The first-order chi connectivity index (χ1) is 11.3. The van der Waals surface area contributed by atoms with Crippen LogP contribution in [0.25, 0.3) is 10.9 Å². The Labute approximate surface area is 136 Å². The number of carbonyl (C=O) groups is 1. The largest absolute Gasteiger partial charge is 0.322 e. The molecule has 0 unspecified atom stereocenters. The fourth-order valence-corrected chi connectivity index (χ4v) is 2.55. The molecule has 23 heavy (non-hydrogen) atoms. The molecule has 1 N–H and O–H groups in total. The summed E-state index contributed by atoms with van der Waals surface area (Å²) in [6.07, 6.45) is 5.20. The predicted molar refractivity (Wildman–Crippen MR) is 94.8 cm³/mol. The Morgan fingerprint density at radius 2 is 1.91 bits per heavy atom. The molecule has 0 saturated heterocycles. The van der Waals surface area contributed by atoms with Gasteiger partial charge in [0.2, 0.25) is 0 Å². The van der Waals surface area contributed by atoms with Gasteiger partial charge in [-0.15, -0.1) is 0 Å². The summed E-state index contributed by atoms with van der Waals surface area (Å²) in [6, 6.07) is 17.5. The van der Waals surface area contributed by atoms with Crippen LogP contribution >= 0.6 is 0 Å². The maximum absolute atomic E-state index is 12.4. The number of nitrogens with zero attached hydrogens (tertiary/aromatic N) is 1. The van der Waals surface area contributed by atoms with Crippen molar-refractivity contribution >= 4 is 22.5 Å². The second kappa shape index (κ2) is 7.05. The molecule has 0 aliphatic carbocycles. The summed E-state index contributed by atoms with van der Waals surface area (Å²) in [4.78, 5) is 16.7. The maximum atomic E-state index is 12.4. The first-order valence-electron chi connectivity index (χ1n) is 8.01. The summed E-state index contributed by atoms with van der Waals surface area (Å²) in [5, 5.41) is 3.97. The Morgan fingerprint density at radius 1 is 1.09 bits per heavy atom. The molecule has 0 fully saturated rings. The molecule has 0 atom stereocenters. The monoisotopic (exact) mass is 304 g/mol. The second-order valence-corrected chi connectivity index (χ2v) is 5.67. The van der Waals surface area contributed by atoms with E-state index in [0.29, 0.717) is 5.56 Å². The van der Waals surface area contributed by atoms with Crippen molar-refractivity contribution in [2.24, 2.45) is 0 Å². The number of aromatic nitrogens is 1. The van der Waals surface area contributed by atoms with Crippen LogP contribution in [-0.4, -0.2) is 10.9 Å². The summed E-state index contributed by atoms with van der Waals surface area (Å²) in [5.74, 6) is -0.112. The summed E-state index contributed by atoms with van der Waals surface area (Å²) < 4.78 is 0. The SMILES string of the molecule is CCCCc1ccc(NC(=O)c2ccc3cccnc3c2)cc1. The van der Waals surface area contributed by atoms with Crippen molar-refractivity contribution in [1.82, 2.24) is 4.98 Å². The highest BCUT2D eigenvalue weighted by molar-refractivity contribution is 6.06. The summed E-state index contributed by atoms with van der Waals surface area (Å²) >= 11 is 0. The van der Waals surface area contributed by atoms with Gasteiger partial charge in [-0.3, -0.25) is 9.78 Å². The normalized spacial score (nSPS) is 10.7. The number of benzene rings is 2. The Kier molecular flexibility index (Phi) is 4.67. The van der Waals surface area contributed by atoms with Gasteiger partial charge in [0.25, 0.3) is 5.91 Å². The first kappa shape index (κ1) is 15.2. The highest BCUT2D eigenvalue weighted by atomic mass is 16.1. The van der Waals surface area contributed by atoms with Crippen molar-refractivity contribution in [3.8, 4) is 0 Å². The van der Waals surface area contributed by atoms with E-state index in [1.165, 1.54) is 18.4 Å². The highest BCUT2D eigenvalue weighted by Gasteiger charge is 2.07. The van der Waals surface area contributed by atoms with Crippen LogP contribution in [0, 0.1) is 0 Å². The number of pyridine rings is 1. The standard InChI is InChI=1S/C20H20N2O/c1-2-3-5-15-7-11-18(12-8-15)22-20(23)17-10-9-16-6-4-13-21-19(16)14-17/h4,6-14H,2-3,5H2,1H3,(H,22,23). The molecule has 0 saturated carbocycles. The van der Waals surface area contributed by atoms with E-state index in [1.54, 1.807) is 6.20 Å². The highest BCUT2D eigenvalue weighted by Crippen LogP contribution is 2.16. The van der Waals surface area contributed by atoms with E-state index in [4.69, 9.17) is 0 Å². The number of hydrogen-bond acceptors (Lipinski definition) is 2. The minimum absolute atomic E-state index is 0.112.